The molecule has 3 nitrogen and oxygen atoms in total. The molecule has 3 heteroatoms. The molecule has 0 bridgehead atoms. The Kier molecular flexibility index (Phi) is 4.99. The van der Waals surface area contributed by atoms with Gasteiger partial charge >= 0.3 is 0 Å². The second-order valence-corrected chi connectivity index (χ2v) is 5.12. The summed E-state index contributed by atoms with van der Waals surface area (Å²) in [5.41, 5.74) is 1.66. The third-order valence-corrected chi connectivity index (χ3v) is 3.31. The van der Waals surface area contributed by atoms with Crippen molar-refractivity contribution in [2.24, 2.45) is 0 Å². The Balaban J connectivity index is 2.16. The maximum absolute atomic E-state index is 12.3. The van der Waals surface area contributed by atoms with Crippen LogP contribution in [0.4, 0.5) is 0 Å². The van der Waals surface area contributed by atoms with Crippen LogP contribution >= 0.6 is 0 Å². The Bertz CT molecular complexity index is 608. The van der Waals surface area contributed by atoms with E-state index in [0.717, 1.165) is 35.6 Å². The van der Waals surface area contributed by atoms with Gasteiger partial charge < -0.3 is 9.64 Å². The van der Waals surface area contributed by atoms with Gasteiger partial charge in [-0.1, -0.05) is 25.1 Å². The molecule has 0 aliphatic rings. The molecule has 0 saturated heterocycles. The number of benzene rings is 2. The molecule has 0 atom stereocenters. The number of carbonyl (C=O) groups excluding carboxylic acids is 1. The second kappa shape index (κ2) is 6.93. The zero-order valence-electron chi connectivity index (χ0n) is 12.8. The highest BCUT2D eigenvalue weighted by Gasteiger charge is 2.14. The molecule has 0 aliphatic carbocycles. The van der Waals surface area contributed by atoms with Crippen LogP contribution in [0.2, 0.25) is 0 Å². The van der Waals surface area contributed by atoms with Crippen molar-refractivity contribution < 1.29 is 9.53 Å². The molecular formula is C18H21NO2. The first-order valence-electron chi connectivity index (χ1n) is 7.21. The van der Waals surface area contributed by atoms with E-state index >= 15 is 0 Å². The Morgan fingerprint density at radius 3 is 2.43 bits per heavy atom. The predicted molar refractivity (Wildman–Crippen MR) is 84.9 cm³/mol. The first kappa shape index (κ1) is 15.1. The minimum Gasteiger partial charge on any atom is -0.457 e. The smallest absolute Gasteiger partial charge is 0.253 e. The second-order valence-electron chi connectivity index (χ2n) is 5.12. The lowest BCUT2D eigenvalue weighted by Crippen LogP contribution is -2.27. The summed E-state index contributed by atoms with van der Waals surface area (Å²) < 4.78 is 5.78. The molecule has 0 saturated carbocycles. The molecule has 0 aromatic heterocycles. The fraction of sp³-hybridized carbons (Fsp3) is 0.278. The summed E-state index contributed by atoms with van der Waals surface area (Å²) in [7, 11) is 1.83. The van der Waals surface area contributed by atoms with Crippen LogP contribution in [-0.2, 0) is 0 Å². The predicted octanol–water partition coefficient (Wildman–Crippen LogP) is 4.27. The van der Waals surface area contributed by atoms with Gasteiger partial charge in [-0.2, -0.15) is 0 Å². The van der Waals surface area contributed by atoms with Crippen molar-refractivity contribution in [3.63, 3.8) is 0 Å². The maximum atomic E-state index is 12.3. The number of nitrogens with zero attached hydrogens (tertiary/aromatic N) is 1. The maximum Gasteiger partial charge on any atom is 0.253 e. The van der Waals surface area contributed by atoms with Crippen molar-refractivity contribution in [3.8, 4) is 11.5 Å². The summed E-state index contributed by atoms with van der Waals surface area (Å²) >= 11 is 0. The van der Waals surface area contributed by atoms with Crippen LogP contribution in [0.5, 0.6) is 11.5 Å². The highest BCUT2D eigenvalue weighted by molar-refractivity contribution is 5.95. The quantitative estimate of drug-likeness (QED) is 0.820. The van der Waals surface area contributed by atoms with Crippen LogP contribution in [0.15, 0.2) is 48.5 Å². The van der Waals surface area contributed by atoms with Crippen molar-refractivity contribution in [2.75, 3.05) is 13.6 Å². The number of para-hydroxylation sites is 1. The Labute approximate surface area is 126 Å². The van der Waals surface area contributed by atoms with Gasteiger partial charge in [0.2, 0.25) is 0 Å². The fourth-order valence-electron chi connectivity index (χ4n) is 2.21. The normalized spacial score (nSPS) is 10.2. The van der Waals surface area contributed by atoms with Crippen molar-refractivity contribution in [2.45, 2.75) is 20.3 Å². The summed E-state index contributed by atoms with van der Waals surface area (Å²) in [4.78, 5) is 14.1. The Hall–Kier alpha value is -2.29. The fourth-order valence-corrected chi connectivity index (χ4v) is 2.21. The summed E-state index contributed by atoms with van der Waals surface area (Å²) in [5.74, 6) is 1.59. The molecule has 0 N–H and O–H groups in total. The third kappa shape index (κ3) is 3.85. The summed E-state index contributed by atoms with van der Waals surface area (Å²) in [5, 5.41) is 0. The molecule has 2 rings (SSSR count). The highest BCUT2D eigenvalue weighted by Crippen LogP contribution is 2.24. The summed E-state index contributed by atoms with van der Waals surface area (Å²) in [6.07, 6.45) is 0.955. The zero-order valence-corrected chi connectivity index (χ0v) is 12.8. The lowest BCUT2D eigenvalue weighted by Gasteiger charge is -2.18. The average molecular weight is 283 g/mol. The molecule has 0 radical (unpaired) electrons. The van der Waals surface area contributed by atoms with E-state index in [1.807, 2.05) is 62.5 Å². The number of hydrogen-bond donors (Lipinski definition) is 0. The number of ether oxygens (including phenoxy) is 1. The van der Waals surface area contributed by atoms with E-state index in [1.165, 1.54) is 0 Å². The molecule has 0 spiro atoms. The first-order valence-corrected chi connectivity index (χ1v) is 7.21. The van der Waals surface area contributed by atoms with Gasteiger partial charge in [0.25, 0.3) is 5.91 Å². The van der Waals surface area contributed by atoms with E-state index in [2.05, 4.69) is 6.92 Å². The number of rotatable bonds is 5. The van der Waals surface area contributed by atoms with Gasteiger partial charge in [-0.15, -0.1) is 0 Å². The molecule has 1 amide bonds. The molecular weight excluding hydrogens is 262 g/mol. The van der Waals surface area contributed by atoms with E-state index in [-0.39, 0.29) is 5.91 Å². The van der Waals surface area contributed by atoms with Crippen LogP contribution in [-0.4, -0.2) is 24.4 Å². The minimum atomic E-state index is 0.0561. The number of carbonyl (C=O) groups is 1. The molecule has 0 fully saturated rings. The van der Waals surface area contributed by atoms with Crippen molar-refractivity contribution in [3.05, 3.63) is 59.7 Å². The molecule has 2 aromatic carbocycles. The van der Waals surface area contributed by atoms with Crippen LogP contribution < -0.4 is 4.74 Å². The average Bonchev–Trinajstić information content (AvgIpc) is 2.48. The standard InChI is InChI=1S/C18H21NO2/c1-4-12-19(3)18(20)17-11-10-16(13-14(17)2)21-15-8-6-5-7-9-15/h5-11,13H,4,12H2,1-3H3. The SMILES string of the molecule is CCCN(C)C(=O)c1ccc(Oc2ccccc2)cc1C. The van der Waals surface area contributed by atoms with Crippen LogP contribution in [0, 0.1) is 6.92 Å². The number of hydrogen-bond acceptors (Lipinski definition) is 2. The van der Waals surface area contributed by atoms with Gasteiger partial charge in [0.05, 0.1) is 0 Å². The van der Waals surface area contributed by atoms with E-state index < -0.39 is 0 Å². The first-order chi connectivity index (χ1) is 10.1. The van der Waals surface area contributed by atoms with Gasteiger partial charge in [-0.05, 0) is 49.2 Å². The Morgan fingerprint density at radius 2 is 1.81 bits per heavy atom. The third-order valence-electron chi connectivity index (χ3n) is 3.31. The topological polar surface area (TPSA) is 29.5 Å². The van der Waals surface area contributed by atoms with Crippen LogP contribution in [0.3, 0.4) is 0 Å². The van der Waals surface area contributed by atoms with Crippen molar-refractivity contribution in [1.82, 2.24) is 4.90 Å². The van der Waals surface area contributed by atoms with Crippen LogP contribution in [0.25, 0.3) is 0 Å². The molecule has 0 unspecified atom stereocenters. The Morgan fingerprint density at radius 1 is 1.10 bits per heavy atom. The van der Waals surface area contributed by atoms with Gasteiger partial charge in [-0.25, -0.2) is 0 Å². The number of aryl methyl sites for hydroxylation is 1. The van der Waals surface area contributed by atoms with Crippen molar-refractivity contribution in [1.29, 1.82) is 0 Å². The van der Waals surface area contributed by atoms with Crippen LogP contribution in [0.1, 0.15) is 29.3 Å². The number of amides is 1. The van der Waals surface area contributed by atoms with Gasteiger partial charge in [0.1, 0.15) is 11.5 Å². The van der Waals surface area contributed by atoms with Gasteiger partial charge in [0.15, 0.2) is 0 Å². The van der Waals surface area contributed by atoms with E-state index in [4.69, 9.17) is 4.74 Å². The lowest BCUT2D eigenvalue weighted by molar-refractivity contribution is 0.0794. The molecule has 110 valence electrons. The van der Waals surface area contributed by atoms with Gasteiger partial charge in [-0.3, -0.25) is 4.79 Å². The lowest BCUT2D eigenvalue weighted by atomic mass is 10.1. The minimum absolute atomic E-state index is 0.0561. The summed E-state index contributed by atoms with van der Waals surface area (Å²) in [6.45, 7) is 4.76. The van der Waals surface area contributed by atoms with Crippen molar-refractivity contribution >= 4 is 5.91 Å². The van der Waals surface area contributed by atoms with E-state index in [1.54, 1.807) is 4.90 Å². The molecule has 2 aromatic rings. The zero-order chi connectivity index (χ0) is 15.2. The monoisotopic (exact) mass is 283 g/mol. The van der Waals surface area contributed by atoms with E-state index in [0.29, 0.717) is 0 Å². The molecule has 0 heterocycles. The van der Waals surface area contributed by atoms with E-state index in [9.17, 15) is 4.79 Å². The van der Waals surface area contributed by atoms with Gasteiger partial charge in [0, 0.05) is 19.2 Å². The molecule has 0 aliphatic heterocycles. The largest absolute Gasteiger partial charge is 0.457 e. The molecule has 21 heavy (non-hydrogen) atoms. The highest BCUT2D eigenvalue weighted by atomic mass is 16.5. The summed E-state index contributed by atoms with van der Waals surface area (Å²) in [6, 6.07) is 15.2.